The fourth-order valence-corrected chi connectivity index (χ4v) is 3.27. The van der Waals surface area contributed by atoms with Crippen LogP contribution >= 0.6 is 11.3 Å². The zero-order chi connectivity index (χ0) is 19.0. The third-order valence-electron chi connectivity index (χ3n) is 3.59. The molecule has 8 heteroatoms. The number of rotatable bonds is 9. The number of carbonyl (C=O) groups is 3. The van der Waals surface area contributed by atoms with Gasteiger partial charge in [0.05, 0.1) is 19.8 Å². The molecule has 1 amide bonds. The van der Waals surface area contributed by atoms with Crippen molar-refractivity contribution in [3.63, 3.8) is 0 Å². The van der Waals surface area contributed by atoms with Gasteiger partial charge in [-0.25, -0.2) is 9.59 Å². The molecule has 0 radical (unpaired) electrons. The van der Waals surface area contributed by atoms with Gasteiger partial charge < -0.3 is 20.1 Å². The van der Waals surface area contributed by atoms with E-state index in [0.717, 1.165) is 24.3 Å². The summed E-state index contributed by atoms with van der Waals surface area (Å²) in [4.78, 5) is 36.2. The first-order valence-electron chi connectivity index (χ1n) is 8.12. The molecule has 2 N–H and O–H groups in total. The van der Waals surface area contributed by atoms with Crippen LogP contribution in [-0.4, -0.2) is 45.2 Å². The van der Waals surface area contributed by atoms with Crippen LogP contribution in [0.4, 0.5) is 5.00 Å². The first-order valence-corrected chi connectivity index (χ1v) is 8.94. The third kappa shape index (κ3) is 6.13. The molecule has 1 aromatic heterocycles. The lowest BCUT2D eigenvalue weighted by molar-refractivity contribution is -0.116. The second kappa shape index (κ2) is 10.1. The third-order valence-corrected chi connectivity index (χ3v) is 4.77. The minimum absolute atomic E-state index is 0.189. The van der Waals surface area contributed by atoms with Crippen LogP contribution in [0.1, 0.15) is 52.3 Å². The van der Waals surface area contributed by atoms with Crippen molar-refractivity contribution in [2.45, 2.75) is 33.6 Å². The lowest BCUT2D eigenvalue weighted by atomic mass is 10.1. The number of amides is 1. The van der Waals surface area contributed by atoms with Gasteiger partial charge in [-0.15, -0.1) is 11.3 Å². The smallest absolute Gasteiger partial charge is 0.348 e. The van der Waals surface area contributed by atoms with Crippen molar-refractivity contribution in [3.8, 4) is 0 Å². The summed E-state index contributed by atoms with van der Waals surface area (Å²) in [5, 5.41) is 6.20. The van der Waals surface area contributed by atoms with Gasteiger partial charge in [0, 0.05) is 13.0 Å². The lowest BCUT2D eigenvalue weighted by Gasteiger charge is -2.08. The number of hydrogen-bond donors (Lipinski definition) is 2. The standard InChI is InChI=1S/C17H26N2O5S/c1-10(2)6-8-18-9-7-12(20)19-15-13(16(21)23-4)11(3)14(25-15)17(22)24-5/h10,18H,6-9H2,1-5H3,(H,19,20). The number of nitrogens with one attached hydrogen (secondary N) is 2. The second-order valence-electron chi connectivity index (χ2n) is 5.97. The predicted molar refractivity (Wildman–Crippen MR) is 97.3 cm³/mol. The number of methoxy groups -OCH3 is 2. The maximum absolute atomic E-state index is 12.1. The van der Waals surface area contributed by atoms with Crippen molar-refractivity contribution in [1.82, 2.24) is 5.32 Å². The zero-order valence-corrected chi connectivity index (χ0v) is 16.2. The predicted octanol–water partition coefficient (Wildman–Crippen LogP) is 2.59. The summed E-state index contributed by atoms with van der Waals surface area (Å²) >= 11 is 1.01. The Hall–Kier alpha value is -1.93. The van der Waals surface area contributed by atoms with Crippen LogP contribution in [0.2, 0.25) is 0 Å². The molecule has 0 aliphatic carbocycles. The highest BCUT2D eigenvalue weighted by atomic mass is 32.1. The summed E-state index contributed by atoms with van der Waals surface area (Å²) in [5.74, 6) is -0.785. The molecule has 0 saturated carbocycles. The van der Waals surface area contributed by atoms with Crippen molar-refractivity contribution in [2.24, 2.45) is 5.92 Å². The van der Waals surface area contributed by atoms with Gasteiger partial charge in [0.15, 0.2) is 0 Å². The number of ether oxygens (including phenoxy) is 2. The van der Waals surface area contributed by atoms with E-state index < -0.39 is 11.9 Å². The molecular weight excluding hydrogens is 344 g/mol. The van der Waals surface area contributed by atoms with Crippen LogP contribution in [0, 0.1) is 12.8 Å². The number of carbonyl (C=O) groups excluding carboxylic acids is 3. The summed E-state index contributed by atoms with van der Waals surface area (Å²) in [5.41, 5.74) is 0.628. The number of thiophene rings is 1. The van der Waals surface area contributed by atoms with E-state index in [-0.39, 0.29) is 22.8 Å². The quantitative estimate of drug-likeness (QED) is 0.513. The Morgan fingerprint density at radius 1 is 1.08 bits per heavy atom. The van der Waals surface area contributed by atoms with Crippen LogP contribution in [0.25, 0.3) is 0 Å². The molecule has 7 nitrogen and oxygen atoms in total. The van der Waals surface area contributed by atoms with E-state index in [0.29, 0.717) is 23.0 Å². The van der Waals surface area contributed by atoms with Crippen molar-refractivity contribution in [3.05, 3.63) is 16.0 Å². The molecule has 0 aliphatic rings. The Labute approximate surface area is 152 Å². The average Bonchev–Trinajstić information content (AvgIpc) is 2.89. The van der Waals surface area contributed by atoms with Crippen molar-refractivity contribution in [2.75, 3.05) is 32.6 Å². The zero-order valence-electron chi connectivity index (χ0n) is 15.4. The van der Waals surface area contributed by atoms with Gasteiger partial charge in [0.25, 0.3) is 0 Å². The van der Waals surface area contributed by atoms with Crippen LogP contribution in [-0.2, 0) is 14.3 Å². The van der Waals surface area contributed by atoms with Crippen LogP contribution < -0.4 is 10.6 Å². The van der Waals surface area contributed by atoms with E-state index in [1.54, 1.807) is 6.92 Å². The normalized spacial score (nSPS) is 10.6. The van der Waals surface area contributed by atoms with Gasteiger partial charge in [-0.3, -0.25) is 4.79 Å². The topological polar surface area (TPSA) is 93.7 Å². The molecule has 0 spiro atoms. The molecule has 0 bridgehead atoms. The largest absolute Gasteiger partial charge is 0.465 e. The molecule has 0 aliphatic heterocycles. The Kier molecular flexibility index (Phi) is 8.57. The van der Waals surface area contributed by atoms with Gasteiger partial charge in [0.1, 0.15) is 9.88 Å². The van der Waals surface area contributed by atoms with E-state index in [9.17, 15) is 14.4 Å². The number of anilines is 1. The SMILES string of the molecule is COC(=O)c1sc(NC(=O)CCNCCC(C)C)c(C(=O)OC)c1C. The van der Waals surface area contributed by atoms with E-state index >= 15 is 0 Å². The molecule has 1 heterocycles. The molecule has 140 valence electrons. The summed E-state index contributed by atoms with van der Waals surface area (Å²) in [6, 6.07) is 0. The number of esters is 2. The summed E-state index contributed by atoms with van der Waals surface area (Å²) in [7, 11) is 2.52. The van der Waals surface area contributed by atoms with E-state index in [2.05, 4.69) is 24.5 Å². The Bertz CT molecular complexity index is 625. The summed E-state index contributed by atoms with van der Waals surface area (Å²) in [6.45, 7) is 7.29. The Balaban J connectivity index is 2.77. The molecular formula is C17H26N2O5S. The van der Waals surface area contributed by atoms with Gasteiger partial charge in [-0.1, -0.05) is 13.8 Å². The summed E-state index contributed by atoms with van der Waals surface area (Å²) < 4.78 is 9.46. The maximum atomic E-state index is 12.1. The molecule has 0 fully saturated rings. The van der Waals surface area contributed by atoms with E-state index in [4.69, 9.17) is 9.47 Å². The molecule has 0 saturated heterocycles. The van der Waals surface area contributed by atoms with E-state index in [1.807, 2.05) is 0 Å². The molecule has 1 rings (SSSR count). The van der Waals surface area contributed by atoms with Crippen LogP contribution in [0.15, 0.2) is 0 Å². The Morgan fingerprint density at radius 3 is 2.28 bits per heavy atom. The molecule has 0 aromatic carbocycles. The first kappa shape index (κ1) is 21.1. The lowest BCUT2D eigenvalue weighted by Crippen LogP contribution is -2.23. The molecule has 1 aromatic rings. The fourth-order valence-electron chi connectivity index (χ4n) is 2.14. The fraction of sp³-hybridized carbons (Fsp3) is 0.588. The van der Waals surface area contributed by atoms with Crippen molar-refractivity contribution < 1.29 is 23.9 Å². The Morgan fingerprint density at radius 2 is 1.72 bits per heavy atom. The van der Waals surface area contributed by atoms with Gasteiger partial charge in [-0.05, 0) is 31.4 Å². The number of hydrogen-bond acceptors (Lipinski definition) is 7. The van der Waals surface area contributed by atoms with Crippen molar-refractivity contribution in [1.29, 1.82) is 0 Å². The van der Waals surface area contributed by atoms with Gasteiger partial charge >= 0.3 is 11.9 Å². The first-order chi connectivity index (χ1) is 11.8. The van der Waals surface area contributed by atoms with Gasteiger partial charge in [0.2, 0.25) is 5.91 Å². The molecule has 0 atom stereocenters. The monoisotopic (exact) mass is 370 g/mol. The van der Waals surface area contributed by atoms with Crippen molar-refractivity contribution >= 4 is 34.2 Å². The van der Waals surface area contributed by atoms with Crippen LogP contribution in [0.3, 0.4) is 0 Å². The minimum atomic E-state index is -0.603. The minimum Gasteiger partial charge on any atom is -0.465 e. The highest BCUT2D eigenvalue weighted by Crippen LogP contribution is 2.34. The molecule has 0 unspecified atom stereocenters. The second-order valence-corrected chi connectivity index (χ2v) is 6.99. The average molecular weight is 370 g/mol. The van der Waals surface area contributed by atoms with E-state index in [1.165, 1.54) is 14.2 Å². The highest BCUT2D eigenvalue weighted by Gasteiger charge is 2.26. The van der Waals surface area contributed by atoms with Crippen LogP contribution in [0.5, 0.6) is 0 Å². The summed E-state index contributed by atoms with van der Waals surface area (Å²) in [6.07, 6.45) is 1.31. The highest BCUT2D eigenvalue weighted by molar-refractivity contribution is 7.18. The maximum Gasteiger partial charge on any atom is 0.348 e. The van der Waals surface area contributed by atoms with Gasteiger partial charge in [-0.2, -0.15) is 0 Å². The molecule has 25 heavy (non-hydrogen) atoms.